The number of aliphatic hydroxyl groups is 1. The molecule has 1 aliphatic heterocycles. The fraction of sp³-hybridized carbons (Fsp3) is 0.294. The van der Waals surface area contributed by atoms with Crippen molar-refractivity contribution in [3.8, 4) is 11.5 Å². The summed E-state index contributed by atoms with van der Waals surface area (Å²) in [6, 6.07) is 16.0. The molecule has 0 radical (unpaired) electrons. The second kappa shape index (κ2) is 6.61. The van der Waals surface area contributed by atoms with Crippen molar-refractivity contribution < 1.29 is 14.6 Å². The zero-order valence-electron chi connectivity index (χ0n) is 11.8. The van der Waals surface area contributed by atoms with E-state index in [-0.39, 0.29) is 12.6 Å². The van der Waals surface area contributed by atoms with E-state index < -0.39 is 0 Å². The van der Waals surface area contributed by atoms with Crippen LogP contribution in [0.1, 0.15) is 17.2 Å². The van der Waals surface area contributed by atoms with E-state index >= 15 is 0 Å². The fourth-order valence-corrected chi connectivity index (χ4v) is 2.46. The molecule has 21 heavy (non-hydrogen) atoms. The van der Waals surface area contributed by atoms with Gasteiger partial charge in [-0.3, -0.25) is 0 Å². The average Bonchev–Trinajstić information content (AvgIpc) is 3.00. The molecular weight excluding hydrogens is 266 g/mol. The Bertz CT molecular complexity index is 586. The summed E-state index contributed by atoms with van der Waals surface area (Å²) in [5, 5.41) is 12.9. The van der Waals surface area contributed by atoms with Crippen LogP contribution in [-0.4, -0.2) is 25.1 Å². The van der Waals surface area contributed by atoms with Crippen LogP contribution in [0.5, 0.6) is 11.5 Å². The summed E-state index contributed by atoms with van der Waals surface area (Å²) < 4.78 is 10.7. The highest BCUT2D eigenvalue weighted by molar-refractivity contribution is 5.44. The van der Waals surface area contributed by atoms with Gasteiger partial charge in [-0.05, 0) is 36.2 Å². The molecule has 4 nitrogen and oxygen atoms in total. The van der Waals surface area contributed by atoms with Crippen LogP contribution >= 0.6 is 0 Å². The molecule has 0 unspecified atom stereocenters. The summed E-state index contributed by atoms with van der Waals surface area (Å²) in [5.41, 5.74) is 2.29. The van der Waals surface area contributed by atoms with Crippen molar-refractivity contribution in [3.05, 3.63) is 59.7 Å². The van der Waals surface area contributed by atoms with Gasteiger partial charge in [-0.25, -0.2) is 0 Å². The zero-order valence-corrected chi connectivity index (χ0v) is 11.8. The molecule has 0 fully saturated rings. The predicted molar refractivity (Wildman–Crippen MR) is 80.5 cm³/mol. The minimum Gasteiger partial charge on any atom is -0.454 e. The lowest BCUT2D eigenvalue weighted by molar-refractivity contribution is 0.174. The number of rotatable bonds is 6. The summed E-state index contributed by atoms with van der Waals surface area (Å²) in [6.07, 6.45) is 0.875. The topological polar surface area (TPSA) is 50.7 Å². The van der Waals surface area contributed by atoms with E-state index in [0.29, 0.717) is 6.79 Å². The van der Waals surface area contributed by atoms with Crippen molar-refractivity contribution in [2.75, 3.05) is 19.9 Å². The van der Waals surface area contributed by atoms with Crippen LogP contribution in [0.15, 0.2) is 48.5 Å². The normalized spacial score (nSPS) is 14.1. The van der Waals surface area contributed by atoms with E-state index in [2.05, 4.69) is 5.32 Å². The molecule has 1 aliphatic rings. The fourth-order valence-electron chi connectivity index (χ4n) is 2.46. The number of hydrogen-bond donors (Lipinski definition) is 2. The highest BCUT2D eigenvalue weighted by Gasteiger charge is 2.13. The van der Waals surface area contributed by atoms with E-state index in [1.54, 1.807) is 0 Å². The molecule has 0 aromatic heterocycles. The van der Waals surface area contributed by atoms with E-state index in [1.165, 1.54) is 5.56 Å². The van der Waals surface area contributed by atoms with Crippen LogP contribution in [0.3, 0.4) is 0 Å². The summed E-state index contributed by atoms with van der Waals surface area (Å²) in [6.45, 7) is 1.18. The molecule has 4 heteroatoms. The van der Waals surface area contributed by atoms with E-state index in [1.807, 2.05) is 48.5 Å². The Morgan fingerprint density at radius 3 is 2.67 bits per heavy atom. The maximum atomic E-state index is 9.50. The molecule has 0 aliphatic carbocycles. The van der Waals surface area contributed by atoms with Crippen LogP contribution in [0.2, 0.25) is 0 Å². The first-order valence-corrected chi connectivity index (χ1v) is 7.14. The van der Waals surface area contributed by atoms with Crippen LogP contribution < -0.4 is 14.8 Å². The van der Waals surface area contributed by atoms with E-state index in [9.17, 15) is 5.11 Å². The standard InChI is InChI=1S/C17H19NO3/c19-11-15(14-4-2-1-3-5-14)18-9-8-13-6-7-16-17(10-13)21-12-20-16/h1-7,10,15,18-19H,8-9,11-12H2/t15-/m1/s1. The molecule has 1 atom stereocenters. The molecule has 2 N–H and O–H groups in total. The van der Waals surface area contributed by atoms with Gasteiger partial charge in [0.2, 0.25) is 6.79 Å². The Kier molecular flexibility index (Phi) is 4.38. The highest BCUT2D eigenvalue weighted by atomic mass is 16.7. The predicted octanol–water partition coefficient (Wildman–Crippen LogP) is 2.28. The molecule has 2 aromatic rings. The summed E-state index contributed by atoms with van der Waals surface area (Å²) >= 11 is 0. The summed E-state index contributed by atoms with van der Waals surface area (Å²) in [5.74, 6) is 1.62. The zero-order chi connectivity index (χ0) is 14.5. The van der Waals surface area contributed by atoms with Crippen LogP contribution in [-0.2, 0) is 6.42 Å². The van der Waals surface area contributed by atoms with Crippen molar-refractivity contribution in [2.45, 2.75) is 12.5 Å². The Morgan fingerprint density at radius 2 is 1.86 bits per heavy atom. The molecule has 0 spiro atoms. The van der Waals surface area contributed by atoms with Gasteiger partial charge in [0.25, 0.3) is 0 Å². The van der Waals surface area contributed by atoms with Crippen molar-refractivity contribution in [2.24, 2.45) is 0 Å². The van der Waals surface area contributed by atoms with Gasteiger partial charge in [-0.1, -0.05) is 36.4 Å². The number of fused-ring (bicyclic) bond motifs is 1. The van der Waals surface area contributed by atoms with Crippen molar-refractivity contribution in [3.63, 3.8) is 0 Å². The average molecular weight is 285 g/mol. The maximum absolute atomic E-state index is 9.50. The van der Waals surface area contributed by atoms with Crippen LogP contribution in [0.25, 0.3) is 0 Å². The molecule has 0 amide bonds. The van der Waals surface area contributed by atoms with E-state index in [4.69, 9.17) is 9.47 Å². The second-order valence-electron chi connectivity index (χ2n) is 5.04. The molecule has 0 saturated heterocycles. The van der Waals surface area contributed by atoms with E-state index in [0.717, 1.165) is 30.0 Å². The third-order valence-electron chi connectivity index (χ3n) is 3.63. The van der Waals surface area contributed by atoms with Gasteiger partial charge in [0, 0.05) is 0 Å². The lowest BCUT2D eigenvalue weighted by atomic mass is 10.1. The molecular formula is C17H19NO3. The molecule has 110 valence electrons. The van der Waals surface area contributed by atoms with Gasteiger partial charge in [0.15, 0.2) is 11.5 Å². The largest absolute Gasteiger partial charge is 0.454 e. The van der Waals surface area contributed by atoms with Crippen molar-refractivity contribution in [1.29, 1.82) is 0 Å². The molecule has 1 heterocycles. The van der Waals surface area contributed by atoms with Crippen LogP contribution in [0, 0.1) is 0 Å². The number of benzene rings is 2. The SMILES string of the molecule is OC[C@@H](NCCc1ccc2c(c1)OCO2)c1ccccc1. The number of nitrogens with one attached hydrogen (secondary N) is 1. The summed E-state index contributed by atoms with van der Waals surface area (Å²) in [4.78, 5) is 0. The second-order valence-corrected chi connectivity index (χ2v) is 5.04. The van der Waals surface area contributed by atoms with Crippen LogP contribution in [0.4, 0.5) is 0 Å². The number of ether oxygens (including phenoxy) is 2. The first-order valence-electron chi connectivity index (χ1n) is 7.14. The van der Waals surface area contributed by atoms with Gasteiger partial charge in [-0.2, -0.15) is 0 Å². The monoisotopic (exact) mass is 285 g/mol. The Hall–Kier alpha value is -2.04. The Morgan fingerprint density at radius 1 is 1.05 bits per heavy atom. The van der Waals surface area contributed by atoms with Gasteiger partial charge in [0.05, 0.1) is 12.6 Å². The van der Waals surface area contributed by atoms with Crippen molar-refractivity contribution >= 4 is 0 Å². The number of aliphatic hydroxyl groups excluding tert-OH is 1. The van der Waals surface area contributed by atoms with Gasteiger partial charge in [0.1, 0.15) is 0 Å². The third kappa shape index (κ3) is 3.35. The quantitative estimate of drug-likeness (QED) is 0.855. The molecule has 0 bridgehead atoms. The van der Waals surface area contributed by atoms with Gasteiger partial charge < -0.3 is 19.9 Å². The van der Waals surface area contributed by atoms with Gasteiger partial charge >= 0.3 is 0 Å². The lowest BCUT2D eigenvalue weighted by Crippen LogP contribution is -2.26. The number of hydrogen-bond acceptors (Lipinski definition) is 4. The highest BCUT2D eigenvalue weighted by Crippen LogP contribution is 2.32. The molecule has 2 aromatic carbocycles. The Labute approximate surface area is 124 Å². The molecule has 0 saturated carbocycles. The third-order valence-corrected chi connectivity index (χ3v) is 3.63. The van der Waals surface area contributed by atoms with Gasteiger partial charge in [-0.15, -0.1) is 0 Å². The molecule has 3 rings (SSSR count). The minimum absolute atomic E-state index is 0.0276. The smallest absolute Gasteiger partial charge is 0.231 e. The summed E-state index contributed by atoms with van der Waals surface area (Å²) in [7, 11) is 0. The first-order chi connectivity index (χ1) is 10.4. The first kappa shape index (κ1) is 13.9. The maximum Gasteiger partial charge on any atom is 0.231 e. The van der Waals surface area contributed by atoms with Crippen molar-refractivity contribution in [1.82, 2.24) is 5.32 Å². The minimum atomic E-state index is -0.0276. The lowest BCUT2D eigenvalue weighted by Gasteiger charge is -2.16. The Balaban J connectivity index is 1.55.